The summed E-state index contributed by atoms with van der Waals surface area (Å²) in [5.74, 6) is 0.897. The minimum atomic E-state index is -0.652. The molecule has 0 aliphatic rings. The summed E-state index contributed by atoms with van der Waals surface area (Å²) in [6.07, 6.45) is 0.836. The molecular weight excluding hydrogens is 272 g/mol. The van der Waals surface area contributed by atoms with Crippen molar-refractivity contribution in [2.24, 2.45) is 0 Å². The molecule has 104 valence electrons. The molecule has 0 fully saturated rings. The summed E-state index contributed by atoms with van der Waals surface area (Å²) in [4.78, 5) is 4.64. The molecule has 2 aromatic heterocycles. The van der Waals surface area contributed by atoms with Crippen molar-refractivity contribution in [3.05, 3.63) is 41.2 Å². The van der Waals surface area contributed by atoms with E-state index < -0.39 is 6.10 Å². The second kappa shape index (κ2) is 5.68. The van der Waals surface area contributed by atoms with E-state index in [0.717, 1.165) is 29.8 Å². The van der Waals surface area contributed by atoms with Crippen molar-refractivity contribution in [1.29, 1.82) is 0 Å². The van der Waals surface area contributed by atoms with Gasteiger partial charge in [-0.3, -0.25) is 0 Å². The molecular formula is C14H16N4OS. The lowest BCUT2D eigenvalue weighted by molar-refractivity contribution is 0.169. The van der Waals surface area contributed by atoms with Crippen LogP contribution >= 0.6 is 11.5 Å². The molecule has 5 nitrogen and oxygen atoms in total. The lowest BCUT2D eigenvalue weighted by Gasteiger charge is -2.10. The van der Waals surface area contributed by atoms with Crippen LogP contribution in [0.25, 0.3) is 11.0 Å². The molecule has 1 unspecified atom stereocenters. The van der Waals surface area contributed by atoms with Crippen molar-refractivity contribution < 1.29 is 5.11 Å². The number of rotatable bonds is 5. The Bertz CT molecular complexity index is 692. The molecule has 3 aromatic rings. The van der Waals surface area contributed by atoms with Gasteiger partial charge in [-0.2, -0.15) is 0 Å². The predicted molar refractivity (Wildman–Crippen MR) is 78.6 cm³/mol. The van der Waals surface area contributed by atoms with E-state index in [1.807, 2.05) is 18.2 Å². The van der Waals surface area contributed by atoms with Gasteiger partial charge < -0.3 is 9.67 Å². The SMILES string of the molecule is CCCn1c(CC(O)c2csnn2)nc2ccccc21. The van der Waals surface area contributed by atoms with Crippen LogP contribution in [0.1, 0.15) is 31.0 Å². The van der Waals surface area contributed by atoms with Crippen LogP contribution < -0.4 is 0 Å². The molecule has 0 spiro atoms. The minimum absolute atomic E-state index is 0.458. The molecule has 0 amide bonds. The number of imidazole rings is 1. The van der Waals surface area contributed by atoms with Crippen LogP contribution in [0, 0.1) is 0 Å². The zero-order valence-electron chi connectivity index (χ0n) is 11.2. The van der Waals surface area contributed by atoms with Gasteiger partial charge in [0.15, 0.2) is 0 Å². The Morgan fingerprint density at radius 2 is 2.20 bits per heavy atom. The highest BCUT2D eigenvalue weighted by atomic mass is 32.1. The Balaban J connectivity index is 1.96. The fourth-order valence-corrected chi connectivity index (χ4v) is 2.85. The molecule has 0 bridgehead atoms. The third-order valence-corrected chi connectivity index (χ3v) is 3.80. The smallest absolute Gasteiger partial charge is 0.112 e. The first-order valence-corrected chi connectivity index (χ1v) is 7.52. The van der Waals surface area contributed by atoms with E-state index in [0.29, 0.717) is 12.1 Å². The normalized spacial score (nSPS) is 12.9. The van der Waals surface area contributed by atoms with Crippen LogP contribution in [0.3, 0.4) is 0 Å². The number of para-hydroxylation sites is 2. The van der Waals surface area contributed by atoms with Crippen LogP contribution in [-0.2, 0) is 13.0 Å². The maximum absolute atomic E-state index is 10.2. The van der Waals surface area contributed by atoms with Crippen molar-refractivity contribution in [2.45, 2.75) is 32.4 Å². The third kappa shape index (κ3) is 2.44. The van der Waals surface area contributed by atoms with Gasteiger partial charge in [-0.25, -0.2) is 4.98 Å². The number of aromatic nitrogens is 4. The Labute approximate surface area is 121 Å². The topological polar surface area (TPSA) is 63.8 Å². The number of hydrogen-bond acceptors (Lipinski definition) is 5. The Hall–Kier alpha value is -1.79. The highest BCUT2D eigenvalue weighted by molar-refractivity contribution is 7.03. The summed E-state index contributed by atoms with van der Waals surface area (Å²) < 4.78 is 5.97. The summed E-state index contributed by atoms with van der Waals surface area (Å²) in [5.41, 5.74) is 2.71. The van der Waals surface area contributed by atoms with Gasteiger partial charge in [0.1, 0.15) is 17.6 Å². The summed E-state index contributed by atoms with van der Waals surface area (Å²) >= 11 is 1.25. The Morgan fingerprint density at radius 1 is 1.35 bits per heavy atom. The number of fused-ring (bicyclic) bond motifs is 1. The molecule has 0 aliphatic carbocycles. The van der Waals surface area contributed by atoms with Crippen LogP contribution in [0.15, 0.2) is 29.6 Å². The van der Waals surface area contributed by atoms with Gasteiger partial charge in [-0.1, -0.05) is 23.5 Å². The molecule has 0 saturated heterocycles. The van der Waals surface area contributed by atoms with Crippen molar-refractivity contribution in [3.8, 4) is 0 Å². The average Bonchev–Trinajstić information content (AvgIpc) is 3.08. The largest absolute Gasteiger partial charge is 0.386 e. The van der Waals surface area contributed by atoms with E-state index in [2.05, 4.69) is 32.1 Å². The summed E-state index contributed by atoms with van der Waals surface area (Å²) in [6, 6.07) is 8.07. The molecule has 0 aliphatic heterocycles. The Kier molecular flexibility index (Phi) is 3.75. The maximum Gasteiger partial charge on any atom is 0.112 e. The van der Waals surface area contributed by atoms with Crippen molar-refractivity contribution in [3.63, 3.8) is 0 Å². The third-order valence-electron chi connectivity index (χ3n) is 3.28. The quantitative estimate of drug-likeness (QED) is 0.783. The molecule has 2 heterocycles. The summed E-state index contributed by atoms with van der Waals surface area (Å²) in [6.45, 7) is 3.04. The molecule has 1 N–H and O–H groups in total. The van der Waals surface area contributed by atoms with E-state index in [-0.39, 0.29) is 0 Å². The number of hydrogen-bond donors (Lipinski definition) is 1. The number of nitrogens with zero attached hydrogens (tertiary/aromatic N) is 4. The zero-order chi connectivity index (χ0) is 13.9. The average molecular weight is 288 g/mol. The molecule has 0 saturated carbocycles. The number of aliphatic hydroxyl groups excluding tert-OH is 1. The highest BCUT2D eigenvalue weighted by Gasteiger charge is 2.17. The second-order valence-electron chi connectivity index (χ2n) is 4.72. The van der Waals surface area contributed by atoms with Gasteiger partial charge in [0, 0.05) is 18.3 Å². The van der Waals surface area contributed by atoms with Crippen molar-refractivity contribution in [2.75, 3.05) is 0 Å². The van der Waals surface area contributed by atoms with Gasteiger partial charge >= 0.3 is 0 Å². The van der Waals surface area contributed by atoms with E-state index in [4.69, 9.17) is 0 Å². The molecule has 20 heavy (non-hydrogen) atoms. The molecule has 1 atom stereocenters. The standard InChI is InChI=1S/C14H16N4OS/c1-2-7-18-12-6-4-3-5-10(12)15-14(18)8-13(19)11-9-20-17-16-11/h3-6,9,13,19H,2,7-8H2,1H3. The van der Waals surface area contributed by atoms with Crippen molar-refractivity contribution >= 4 is 22.6 Å². The molecule has 6 heteroatoms. The van der Waals surface area contributed by atoms with Crippen LogP contribution in [0.4, 0.5) is 0 Å². The van der Waals surface area contributed by atoms with E-state index in [1.54, 1.807) is 5.38 Å². The minimum Gasteiger partial charge on any atom is -0.386 e. The van der Waals surface area contributed by atoms with Gasteiger partial charge in [0.25, 0.3) is 0 Å². The van der Waals surface area contributed by atoms with Crippen LogP contribution in [0.5, 0.6) is 0 Å². The number of aliphatic hydroxyl groups is 1. The second-order valence-corrected chi connectivity index (χ2v) is 5.33. The van der Waals surface area contributed by atoms with E-state index in [9.17, 15) is 5.11 Å². The highest BCUT2D eigenvalue weighted by Crippen LogP contribution is 2.21. The fourth-order valence-electron chi connectivity index (χ4n) is 2.35. The number of aryl methyl sites for hydroxylation is 1. The van der Waals surface area contributed by atoms with Gasteiger partial charge in [0.05, 0.1) is 11.0 Å². The number of benzene rings is 1. The predicted octanol–water partition coefficient (Wildman–Crippen LogP) is 2.57. The monoisotopic (exact) mass is 288 g/mol. The van der Waals surface area contributed by atoms with Gasteiger partial charge in [-0.15, -0.1) is 5.10 Å². The first-order valence-electron chi connectivity index (χ1n) is 6.68. The first-order chi connectivity index (χ1) is 9.79. The van der Waals surface area contributed by atoms with Crippen molar-refractivity contribution in [1.82, 2.24) is 19.1 Å². The summed E-state index contributed by atoms with van der Waals surface area (Å²) in [5, 5.41) is 15.9. The Morgan fingerprint density at radius 3 is 2.95 bits per heavy atom. The molecule has 0 radical (unpaired) electrons. The lowest BCUT2D eigenvalue weighted by atomic mass is 10.2. The van der Waals surface area contributed by atoms with E-state index >= 15 is 0 Å². The van der Waals surface area contributed by atoms with Gasteiger partial charge in [-0.05, 0) is 30.1 Å². The van der Waals surface area contributed by atoms with E-state index in [1.165, 1.54) is 11.5 Å². The van der Waals surface area contributed by atoms with Gasteiger partial charge in [0.2, 0.25) is 0 Å². The summed E-state index contributed by atoms with van der Waals surface area (Å²) in [7, 11) is 0. The maximum atomic E-state index is 10.2. The fraction of sp³-hybridized carbons (Fsp3) is 0.357. The first kappa shape index (κ1) is 13.2. The van der Waals surface area contributed by atoms with Crippen LogP contribution in [-0.4, -0.2) is 24.2 Å². The lowest BCUT2D eigenvalue weighted by Crippen LogP contribution is -2.09. The van der Waals surface area contributed by atoms with Crippen LogP contribution in [0.2, 0.25) is 0 Å². The molecule has 3 rings (SSSR count). The molecule has 1 aromatic carbocycles. The zero-order valence-corrected chi connectivity index (χ0v) is 12.0.